The molecular weight excluding hydrogens is 256 g/mol. The Bertz CT molecular complexity index is 541. The molecule has 0 spiro atoms. The van der Waals surface area contributed by atoms with E-state index in [2.05, 4.69) is 0 Å². The molecule has 19 heavy (non-hydrogen) atoms. The van der Waals surface area contributed by atoms with Gasteiger partial charge in [-0.3, -0.25) is 0 Å². The zero-order chi connectivity index (χ0) is 13.9. The van der Waals surface area contributed by atoms with Crippen LogP contribution in [0.3, 0.4) is 0 Å². The van der Waals surface area contributed by atoms with Crippen LogP contribution in [-0.2, 0) is 19.0 Å². The van der Waals surface area contributed by atoms with E-state index in [9.17, 15) is 17.6 Å². The molecule has 4 heteroatoms. The lowest BCUT2D eigenvalue weighted by Gasteiger charge is -2.12. The Morgan fingerprint density at radius 1 is 0.789 bits per heavy atom. The number of benzene rings is 2. The molecule has 2 aromatic rings. The van der Waals surface area contributed by atoms with Crippen molar-refractivity contribution in [3.63, 3.8) is 0 Å². The minimum Gasteiger partial charge on any atom is -0.207 e. The molecule has 0 aliphatic rings. The van der Waals surface area contributed by atoms with Gasteiger partial charge in [-0.05, 0) is 42.2 Å². The van der Waals surface area contributed by atoms with Crippen molar-refractivity contribution in [1.82, 2.24) is 0 Å². The fourth-order valence-corrected chi connectivity index (χ4v) is 1.94. The number of hydrogen-bond donors (Lipinski definition) is 0. The summed E-state index contributed by atoms with van der Waals surface area (Å²) in [6, 6.07) is 11.3. The molecule has 0 saturated carbocycles. The minimum atomic E-state index is -4.33. The topological polar surface area (TPSA) is 0 Å². The van der Waals surface area contributed by atoms with Crippen LogP contribution in [0.25, 0.3) is 0 Å². The summed E-state index contributed by atoms with van der Waals surface area (Å²) in [7, 11) is 0. The molecule has 0 fully saturated rings. The SMILES string of the molecule is Fc1ccc(CCc2ccccc2C(F)(F)F)cc1. The van der Waals surface area contributed by atoms with Gasteiger partial charge < -0.3 is 0 Å². The first-order chi connectivity index (χ1) is 8.97. The molecule has 0 aliphatic heterocycles. The number of rotatable bonds is 3. The molecule has 0 N–H and O–H groups in total. The van der Waals surface area contributed by atoms with Gasteiger partial charge in [0.2, 0.25) is 0 Å². The van der Waals surface area contributed by atoms with Gasteiger partial charge in [-0.15, -0.1) is 0 Å². The molecule has 2 rings (SSSR count). The standard InChI is InChI=1S/C15H12F4/c16-13-9-6-11(7-10-13)5-8-12-3-1-2-4-14(12)15(17,18)19/h1-4,6-7,9-10H,5,8H2. The van der Waals surface area contributed by atoms with Crippen molar-refractivity contribution in [1.29, 1.82) is 0 Å². The van der Waals surface area contributed by atoms with E-state index in [0.717, 1.165) is 11.6 Å². The van der Waals surface area contributed by atoms with Gasteiger partial charge >= 0.3 is 6.18 Å². The van der Waals surface area contributed by atoms with Gasteiger partial charge in [0.15, 0.2) is 0 Å². The molecule has 100 valence electrons. The first-order valence-electron chi connectivity index (χ1n) is 5.86. The summed E-state index contributed by atoms with van der Waals surface area (Å²) in [6.07, 6.45) is -3.60. The van der Waals surface area contributed by atoms with Crippen molar-refractivity contribution in [3.8, 4) is 0 Å². The van der Waals surface area contributed by atoms with Crippen LogP contribution in [-0.4, -0.2) is 0 Å². The molecule has 0 unspecified atom stereocenters. The molecule has 0 heterocycles. The van der Waals surface area contributed by atoms with E-state index in [1.807, 2.05) is 0 Å². The first kappa shape index (κ1) is 13.6. The quantitative estimate of drug-likeness (QED) is 0.712. The van der Waals surface area contributed by atoms with E-state index in [4.69, 9.17) is 0 Å². The van der Waals surface area contributed by atoms with E-state index < -0.39 is 11.7 Å². The molecule has 0 aliphatic carbocycles. The van der Waals surface area contributed by atoms with Gasteiger partial charge in [-0.1, -0.05) is 30.3 Å². The van der Waals surface area contributed by atoms with Crippen LogP contribution in [0, 0.1) is 5.82 Å². The molecule has 0 atom stereocenters. The van der Waals surface area contributed by atoms with E-state index in [1.54, 1.807) is 18.2 Å². The predicted octanol–water partition coefficient (Wildman–Crippen LogP) is 4.63. The minimum absolute atomic E-state index is 0.263. The summed E-state index contributed by atoms with van der Waals surface area (Å²) in [5.41, 5.74) is 0.481. The summed E-state index contributed by atoms with van der Waals surface area (Å²) in [4.78, 5) is 0. The molecule has 0 aromatic heterocycles. The summed E-state index contributed by atoms with van der Waals surface area (Å²) in [5, 5.41) is 0. The number of hydrogen-bond acceptors (Lipinski definition) is 0. The molecule has 0 saturated heterocycles. The summed E-state index contributed by atoms with van der Waals surface area (Å²) < 4.78 is 51.1. The summed E-state index contributed by atoms with van der Waals surface area (Å²) >= 11 is 0. The fourth-order valence-electron chi connectivity index (χ4n) is 1.94. The predicted molar refractivity (Wildman–Crippen MR) is 65.3 cm³/mol. The van der Waals surface area contributed by atoms with Crippen molar-refractivity contribution >= 4 is 0 Å². The molecule has 2 aromatic carbocycles. The highest BCUT2D eigenvalue weighted by molar-refractivity contribution is 5.30. The Labute approximate surface area is 108 Å². The highest BCUT2D eigenvalue weighted by atomic mass is 19.4. The molecule has 0 radical (unpaired) electrons. The molecular formula is C15H12F4. The lowest BCUT2D eigenvalue weighted by molar-refractivity contribution is -0.138. The largest absolute Gasteiger partial charge is 0.416 e. The van der Waals surface area contributed by atoms with E-state index in [0.29, 0.717) is 6.42 Å². The summed E-state index contributed by atoms with van der Waals surface area (Å²) in [6.45, 7) is 0. The van der Waals surface area contributed by atoms with Crippen LogP contribution < -0.4 is 0 Å². The van der Waals surface area contributed by atoms with Gasteiger partial charge in [-0.25, -0.2) is 4.39 Å². The molecule has 0 amide bonds. The van der Waals surface area contributed by atoms with Crippen molar-refractivity contribution < 1.29 is 17.6 Å². The van der Waals surface area contributed by atoms with Gasteiger partial charge in [0.05, 0.1) is 5.56 Å². The highest BCUT2D eigenvalue weighted by Crippen LogP contribution is 2.32. The third-order valence-corrected chi connectivity index (χ3v) is 2.92. The first-order valence-corrected chi connectivity index (χ1v) is 5.86. The number of alkyl halides is 3. The third kappa shape index (κ3) is 3.56. The zero-order valence-corrected chi connectivity index (χ0v) is 10.0. The second kappa shape index (κ2) is 5.43. The van der Waals surface area contributed by atoms with Gasteiger partial charge in [0.25, 0.3) is 0 Å². The Morgan fingerprint density at radius 2 is 1.42 bits per heavy atom. The van der Waals surface area contributed by atoms with Crippen molar-refractivity contribution in [2.45, 2.75) is 19.0 Å². The van der Waals surface area contributed by atoms with E-state index >= 15 is 0 Å². The van der Waals surface area contributed by atoms with Crippen LogP contribution in [0.1, 0.15) is 16.7 Å². The van der Waals surface area contributed by atoms with Crippen LogP contribution in [0.4, 0.5) is 17.6 Å². The lowest BCUT2D eigenvalue weighted by atomic mass is 9.99. The van der Waals surface area contributed by atoms with E-state index in [1.165, 1.54) is 24.3 Å². The second-order valence-corrected chi connectivity index (χ2v) is 4.28. The van der Waals surface area contributed by atoms with Crippen LogP contribution in [0.15, 0.2) is 48.5 Å². The average molecular weight is 268 g/mol. The maximum Gasteiger partial charge on any atom is 0.416 e. The number of halogens is 4. The Kier molecular flexibility index (Phi) is 3.88. The second-order valence-electron chi connectivity index (χ2n) is 4.28. The number of aryl methyl sites for hydroxylation is 2. The third-order valence-electron chi connectivity index (χ3n) is 2.92. The van der Waals surface area contributed by atoms with Gasteiger partial charge in [0.1, 0.15) is 5.82 Å². The van der Waals surface area contributed by atoms with Crippen molar-refractivity contribution in [2.24, 2.45) is 0 Å². The van der Waals surface area contributed by atoms with Crippen LogP contribution in [0.2, 0.25) is 0 Å². The molecule has 0 nitrogen and oxygen atoms in total. The lowest BCUT2D eigenvalue weighted by Crippen LogP contribution is -2.09. The smallest absolute Gasteiger partial charge is 0.207 e. The maximum absolute atomic E-state index is 12.8. The maximum atomic E-state index is 12.8. The zero-order valence-electron chi connectivity index (χ0n) is 10.0. The normalized spacial score (nSPS) is 11.6. The monoisotopic (exact) mass is 268 g/mol. The fraction of sp³-hybridized carbons (Fsp3) is 0.200. The average Bonchev–Trinajstić information content (AvgIpc) is 2.37. The molecule has 0 bridgehead atoms. The Morgan fingerprint density at radius 3 is 2.05 bits per heavy atom. The summed E-state index contributed by atoms with van der Waals surface area (Å²) in [5.74, 6) is -0.348. The van der Waals surface area contributed by atoms with Crippen molar-refractivity contribution in [3.05, 3.63) is 71.0 Å². The van der Waals surface area contributed by atoms with E-state index in [-0.39, 0.29) is 17.8 Å². The van der Waals surface area contributed by atoms with Gasteiger partial charge in [0, 0.05) is 0 Å². The Hall–Kier alpha value is -1.84. The van der Waals surface area contributed by atoms with Crippen LogP contribution >= 0.6 is 0 Å². The Balaban J connectivity index is 2.14. The highest BCUT2D eigenvalue weighted by Gasteiger charge is 2.32. The van der Waals surface area contributed by atoms with Crippen LogP contribution in [0.5, 0.6) is 0 Å². The van der Waals surface area contributed by atoms with Crippen molar-refractivity contribution in [2.75, 3.05) is 0 Å². The van der Waals surface area contributed by atoms with Gasteiger partial charge in [-0.2, -0.15) is 13.2 Å².